The fourth-order valence-corrected chi connectivity index (χ4v) is 5.60. The van der Waals surface area contributed by atoms with Gasteiger partial charge in [-0.05, 0) is 48.2 Å². The lowest BCUT2D eigenvalue weighted by Crippen LogP contribution is -2.53. The number of amides is 2. The third-order valence-corrected chi connectivity index (χ3v) is 7.69. The number of piperazine rings is 1. The summed E-state index contributed by atoms with van der Waals surface area (Å²) in [4.78, 5) is 33.3. The molecule has 2 amide bonds. The van der Waals surface area contributed by atoms with Crippen molar-refractivity contribution in [3.05, 3.63) is 107 Å². The zero-order chi connectivity index (χ0) is 25.8. The van der Waals surface area contributed by atoms with Gasteiger partial charge in [-0.15, -0.1) is 0 Å². The number of likely N-dealkylation sites (tertiary alicyclic amines) is 1. The van der Waals surface area contributed by atoms with E-state index >= 15 is 0 Å². The van der Waals surface area contributed by atoms with Crippen LogP contribution in [0, 0.1) is 18.7 Å². The molecule has 2 aliphatic heterocycles. The summed E-state index contributed by atoms with van der Waals surface area (Å²) in [5.74, 6) is -0.479. The predicted octanol–water partition coefficient (Wildman–Crippen LogP) is 4.72. The zero-order valence-electron chi connectivity index (χ0n) is 21.4. The van der Waals surface area contributed by atoms with E-state index in [1.54, 1.807) is 13.0 Å². The molecule has 2 heterocycles. The van der Waals surface area contributed by atoms with Gasteiger partial charge >= 0.3 is 0 Å². The molecule has 0 saturated carbocycles. The molecule has 5 nitrogen and oxygen atoms in total. The number of benzene rings is 3. The van der Waals surface area contributed by atoms with Crippen molar-refractivity contribution in [2.24, 2.45) is 5.92 Å². The average molecular weight is 500 g/mol. The lowest BCUT2D eigenvalue weighted by Gasteiger charge is -2.41. The van der Waals surface area contributed by atoms with E-state index in [0.717, 1.165) is 25.2 Å². The van der Waals surface area contributed by atoms with Gasteiger partial charge in [0.05, 0.1) is 5.92 Å². The van der Waals surface area contributed by atoms with Crippen molar-refractivity contribution in [3.8, 4) is 0 Å². The van der Waals surface area contributed by atoms with Gasteiger partial charge in [-0.2, -0.15) is 0 Å². The van der Waals surface area contributed by atoms with E-state index in [4.69, 9.17) is 0 Å². The molecule has 6 heteroatoms. The quantitative estimate of drug-likeness (QED) is 0.510. The molecule has 2 fully saturated rings. The molecule has 0 N–H and O–H groups in total. The van der Waals surface area contributed by atoms with Crippen LogP contribution in [0.4, 0.5) is 4.39 Å². The molecule has 0 radical (unpaired) electrons. The summed E-state index contributed by atoms with van der Waals surface area (Å²) in [7, 11) is 0. The van der Waals surface area contributed by atoms with Crippen molar-refractivity contribution in [3.63, 3.8) is 0 Å². The number of nitrogens with zero attached hydrogens (tertiary/aromatic N) is 3. The van der Waals surface area contributed by atoms with Crippen molar-refractivity contribution < 1.29 is 14.0 Å². The van der Waals surface area contributed by atoms with E-state index in [9.17, 15) is 14.0 Å². The molecule has 2 aliphatic rings. The molecule has 0 spiro atoms. The van der Waals surface area contributed by atoms with Gasteiger partial charge < -0.3 is 9.80 Å². The Morgan fingerprint density at radius 3 is 2.19 bits per heavy atom. The van der Waals surface area contributed by atoms with E-state index in [1.807, 2.05) is 52.3 Å². The largest absolute Gasteiger partial charge is 0.340 e. The van der Waals surface area contributed by atoms with Crippen LogP contribution in [0.2, 0.25) is 0 Å². The maximum Gasteiger partial charge on any atom is 0.253 e. The molecular weight excluding hydrogens is 465 g/mol. The highest BCUT2D eigenvalue weighted by Crippen LogP contribution is 2.33. The Labute approximate surface area is 218 Å². The first kappa shape index (κ1) is 25.2. The van der Waals surface area contributed by atoms with Gasteiger partial charge in [0.2, 0.25) is 5.91 Å². The summed E-state index contributed by atoms with van der Waals surface area (Å²) in [5.41, 5.74) is 3.47. The Hall–Kier alpha value is -3.51. The molecule has 0 bridgehead atoms. The minimum atomic E-state index is -0.280. The third kappa shape index (κ3) is 5.91. The Kier molecular flexibility index (Phi) is 7.65. The first-order valence-corrected chi connectivity index (χ1v) is 13.1. The number of piperidine rings is 1. The number of carbonyl (C=O) groups excluding carboxylic acids is 2. The monoisotopic (exact) mass is 499 g/mol. The van der Waals surface area contributed by atoms with Crippen LogP contribution < -0.4 is 0 Å². The van der Waals surface area contributed by atoms with E-state index in [0.29, 0.717) is 43.7 Å². The molecule has 192 valence electrons. The molecule has 0 aliphatic carbocycles. The van der Waals surface area contributed by atoms with Gasteiger partial charge in [-0.25, -0.2) is 4.39 Å². The molecular formula is C31H34FN3O2. The smallest absolute Gasteiger partial charge is 0.253 e. The number of rotatable bonds is 5. The summed E-state index contributed by atoms with van der Waals surface area (Å²) in [6, 6.07) is 24.8. The van der Waals surface area contributed by atoms with Gasteiger partial charge in [0.25, 0.3) is 5.91 Å². The second-order valence-corrected chi connectivity index (χ2v) is 10.3. The Morgan fingerprint density at radius 1 is 0.838 bits per heavy atom. The second kappa shape index (κ2) is 11.3. The summed E-state index contributed by atoms with van der Waals surface area (Å²) >= 11 is 0. The van der Waals surface area contributed by atoms with E-state index < -0.39 is 0 Å². The normalized spacial score (nSPS) is 20.6. The highest BCUT2D eigenvalue weighted by atomic mass is 19.1. The maximum absolute atomic E-state index is 14.0. The van der Waals surface area contributed by atoms with Crippen LogP contribution >= 0.6 is 0 Å². The summed E-state index contributed by atoms with van der Waals surface area (Å²) < 4.78 is 14.0. The number of hydrogen-bond acceptors (Lipinski definition) is 3. The third-order valence-electron chi connectivity index (χ3n) is 7.69. The van der Waals surface area contributed by atoms with Crippen molar-refractivity contribution in [1.82, 2.24) is 14.7 Å². The SMILES string of the molecule is Cc1cc(C2CC(C(=O)N3CCN(Cc4ccccc4)CC3)CN(C(=O)c3ccccc3)C2)ccc1F. The molecule has 2 unspecified atom stereocenters. The summed E-state index contributed by atoms with van der Waals surface area (Å²) in [6.07, 6.45) is 0.659. The van der Waals surface area contributed by atoms with E-state index in [2.05, 4.69) is 29.2 Å². The van der Waals surface area contributed by atoms with Gasteiger partial charge in [0.1, 0.15) is 5.82 Å². The highest BCUT2D eigenvalue weighted by Gasteiger charge is 2.37. The van der Waals surface area contributed by atoms with Crippen molar-refractivity contribution in [2.45, 2.75) is 25.8 Å². The van der Waals surface area contributed by atoms with E-state index in [1.165, 1.54) is 11.6 Å². The molecule has 3 aromatic rings. The molecule has 2 saturated heterocycles. The Bertz CT molecular complexity index is 1230. The summed E-state index contributed by atoms with van der Waals surface area (Å²) in [6.45, 7) is 6.62. The second-order valence-electron chi connectivity index (χ2n) is 10.3. The van der Waals surface area contributed by atoms with Crippen LogP contribution in [-0.4, -0.2) is 65.8 Å². The predicted molar refractivity (Wildman–Crippen MR) is 143 cm³/mol. The lowest BCUT2D eigenvalue weighted by atomic mass is 9.83. The minimum absolute atomic E-state index is 0.0194. The molecule has 2 atom stereocenters. The van der Waals surface area contributed by atoms with Crippen LogP contribution in [0.25, 0.3) is 0 Å². The summed E-state index contributed by atoms with van der Waals surface area (Å²) in [5, 5.41) is 0. The van der Waals surface area contributed by atoms with Crippen molar-refractivity contribution >= 4 is 11.8 Å². The number of halogens is 1. The maximum atomic E-state index is 14.0. The topological polar surface area (TPSA) is 43.9 Å². The van der Waals surface area contributed by atoms with Crippen LogP contribution in [0.5, 0.6) is 0 Å². The number of carbonyl (C=O) groups is 2. The fraction of sp³-hybridized carbons (Fsp3) is 0.355. The van der Waals surface area contributed by atoms with Gasteiger partial charge in [0.15, 0.2) is 0 Å². The van der Waals surface area contributed by atoms with Crippen LogP contribution in [0.15, 0.2) is 78.9 Å². The molecule has 0 aromatic heterocycles. The van der Waals surface area contributed by atoms with E-state index in [-0.39, 0.29) is 29.5 Å². The fourth-order valence-electron chi connectivity index (χ4n) is 5.60. The minimum Gasteiger partial charge on any atom is -0.340 e. The van der Waals surface area contributed by atoms with Crippen molar-refractivity contribution in [2.75, 3.05) is 39.3 Å². The lowest BCUT2D eigenvalue weighted by molar-refractivity contribution is -0.139. The first-order chi connectivity index (χ1) is 18.0. The standard InChI is InChI=1S/C31H34FN3O2/c1-23-18-26(12-13-29(23)32)27-19-28(22-35(21-27)30(36)25-10-6-3-7-11-25)31(37)34-16-14-33(15-17-34)20-24-8-4-2-5-9-24/h2-13,18,27-28H,14-17,19-22H2,1H3. The number of hydrogen-bond donors (Lipinski definition) is 0. The molecule has 5 rings (SSSR count). The van der Waals surface area contributed by atoms with Gasteiger partial charge in [0, 0.05) is 57.3 Å². The Morgan fingerprint density at radius 2 is 1.51 bits per heavy atom. The van der Waals surface area contributed by atoms with Crippen molar-refractivity contribution in [1.29, 1.82) is 0 Å². The zero-order valence-corrected chi connectivity index (χ0v) is 21.4. The average Bonchev–Trinajstić information content (AvgIpc) is 2.95. The first-order valence-electron chi connectivity index (χ1n) is 13.1. The van der Waals surface area contributed by atoms with Crippen LogP contribution in [-0.2, 0) is 11.3 Å². The van der Waals surface area contributed by atoms with Gasteiger partial charge in [-0.1, -0.05) is 60.7 Å². The van der Waals surface area contributed by atoms with Crippen LogP contribution in [0.1, 0.15) is 39.4 Å². The highest BCUT2D eigenvalue weighted by molar-refractivity contribution is 5.94. The molecule has 37 heavy (non-hydrogen) atoms. The number of aryl methyl sites for hydroxylation is 1. The Balaban J connectivity index is 1.30. The van der Waals surface area contributed by atoms with Crippen LogP contribution in [0.3, 0.4) is 0 Å². The molecule has 3 aromatic carbocycles. The van der Waals surface area contributed by atoms with Gasteiger partial charge in [-0.3, -0.25) is 14.5 Å².